The highest BCUT2D eigenvalue weighted by Gasteiger charge is 2.12. The van der Waals surface area contributed by atoms with Crippen molar-refractivity contribution in [3.05, 3.63) is 34.1 Å². The minimum absolute atomic E-state index is 0.0523. The molecule has 0 N–H and O–H groups in total. The average molecular weight is 231 g/mol. The summed E-state index contributed by atoms with van der Waals surface area (Å²) < 4.78 is 17.7. The second kappa shape index (κ2) is 4.89. The number of halogens is 2. The zero-order chi connectivity index (χ0) is 11.4. The fourth-order valence-corrected chi connectivity index (χ4v) is 1.34. The quantitative estimate of drug-likeness (QED) is 0.589. The summed E-state index contributed by atoms with van der Waals surface area (Å²) in [6.45, 7) is 0. The lowest BCUT2D eigenvalue weighted by Gasteiger charge is -2.04. The highest BCUT2D eigenvalue weighted by atomic mass is 35.5. The van der Waals surface area contributed by atoms with Crippen molar-refractivity contribution in [2.75, 3.05) is 7.11 Å². The Morgan fingerprint density at radius 3 is 2.80 bits per heavy atom. The van der Waals surface area contributed by atoms with Crippen molar-refractivity contribution in [2.45, 2.75) is 6.42 Å². The summed E-state index contributed by atoms with van der Waals surface area (Å²) >= 11 is 5.54. The SMILES string of the molecule is COC(=O)Cc1cc(C=O)cc(Cl)c1F. The van der Waals surface area contributed by atoms with Crippen LogP contribution < -0.4 is 0 Å². The van der Waals surface area contributed by atoms with Gasteiger partial charge in [-0.15, -0.1) is 0 Å². The summed E-state index contributed by atoms with van der Waals surface area (Å²) in [5.74, 6) is -1.29. The summed E-state index contributed by atoms with van der Waals surface area (Å²) in [5, 5.41) is -0.182. The number of carbonyl (C=O) groups excluding carboxylic acids is 2. The van der Waals surface area contributed by atoms with E-state index < -0.39 is 11.8 Å². The Morgan fingerprint density at radius 2 is 2.27 bits per heavy atom. The summed E-state index contributed by atoms with van der Waals surface area (Å²) in [6.07, 6.45) is 0.288. The van der Waals surface area contributed by atoms with Gasteiger partial charge in [0, 0.05) is 11.1 Å². The fraction of sp³-hybridized carbons (Fsp3) is 0.200. The Balaban J connectivity index is 3.10. The summed E-state index contributed by atoms with van der Waals surface area (Å²) in [6, 6.07) is 2.47. The number of esters is 1. The van der Waals surface area contributed by atoms with Gasteiger partial charge in [-0.3, -0.25) is 9.59 Å². The molecular weight excluding hydrogens is 223 g/mol. The maximum Gasteiger partial charge on any atom is 0.310 e. The van der Waals surface area contributed by atoms with Crippen LogP contribution in [0.15, 0.2) is 12.1 Å². The van der Waals surface area contributed by atoms with E-state index in [1.807, 2.05) is 0 Å². The van der Waals surface area contributed by atoms with Crippen molar-refractivity contribution in [1.29, 1.82) is 0 Å². The van der Waals surface area contributed by atoms with Crippen LogP contribution in [-0.4, -0.2) is 19.4 Å². The van der Waals surface area contributed by atoms with Crippen LogP contribution in [0.1, 0.15) is 15.9 Å². The highest BCUT2D eigenvalue weighted by Crippen LogP contribution is 2.20. The smallest absolute Gasteiger partial charge is 0.310 e. The minimum atomic E-state index is -0.701. The molecule has 0 amide bonds. The predicted molar refractivity (Wildman–Crippen MR) is 52.5 cm³/mol. The van der Waals surface area contributed by atoms with Gasteiger partial charge in [-0.1, -0.05) is 11.6 Å². The standard InChI is InChI=1S/C10H8ClFO3/c1-15-9(14)4-7-2-6(5-13)3-8(11)10(7)12/h2-3,5H,4H2,1H3. The lowest BCUT2D eigenvalue weighted by molar-refractivity contribution is -0.139. The second-order valence-corrected chi connectivity index (χ2v) is 3.25. The lowest BCUT2D eigenvalue weighted by atomic mass is 10.1. The van der Waals surface area contributed by atoms with Crippen molar-refractivity contribution >= 4 is 23.9 Å². The molecule has 0 aliphatic rings. The van der Waals surface area contributed by atoms with Gasteiger partial charge in [0.05, 0.1) is 18.6 Å². The van der Waals surface area contributed by atoms with Gasteiger partial charge in [0.25, 0.3) is 0 Å². The van der Waals surface area contributed by atoms with Crippen LogP contribution in [0.5, 0.6) is 0 Å². The van der Waals surface area contributed by atoms with Crippen LogP contribution in [0.3, 0.4) is 0 Å². The summed E-state index contributed by atoms with van der Waals surface area (Å²) in [7, 11) is 1.20. The van der Waals surface area contributed by atoms with E-state index >= 15 is 0 Å². The molecule has 0 fully saturated rings. The molecule has 0 saturated carbocycles. The van der Waals surface area contributed by atoms with Crippen LogP contribution in [0.4, 0.5) is 4.39 Å². The van der Waals surface area contributed by atoms with Gasteiger partial charge in [-0.25, -0.2) is 4.39 Å². The molecule has 0 heterocycles. The molecule has 1 rings (SSSR count). The Bertz CT molecular complexity index is 404. The molecule has 0 atom stereocenters. The molecule has 1 aromatic carbocycles. The number of ether oxygens (including phenoxy) is 1. The number of methoxy groups -OCH3 is 1. The first-order valence-electron chi connectivity index (χ1n) is 4.08. The summed E-state index contributed by atoms with van der Waals surface area (Å²) in [5.41, 5.74) is 0.275. The third-order valence-electron chi connectivity index (χ3n) is 1.82. The van der Waals surface area contributed by atoms with E-state index in [9.17, 15) is 14.0 Å². The zero-order valence-electron chi connectivity index (χ0n) is 7.92. The number of rotatable bonds is 3. The Morgan fingerprint density at radius 1 is 1.60 bits per heavy atom. The van der Waals surface area contributed by atoms with Crippen LogP contribution in [0.2, 0.25) is 5.02 Å². The first kappa shape index (κ1) is 11.7. The normalized spacial score (nSPS) is 9.80. The maximum atomic E-state index is 13.4. The van der Waals surface area contributed by atoms with E-state index in [0.29, 0.717) is 6.29 Å². The van der Waals surface area contributed by atoms with Crippen molar-refractivity contribution in [1.82, 2.24) is 0 Å². The largest absolute Gasteiger partial charge is 0.469 e. The van der Waals surface area contributed by atoms with Crippen LogP contribution >= 0.6 is 11.6 Å². The minimum Gasteiger partial charge on any atom is -0.469 e. The molecule has 5 heteroatoms. The van der Waals surface area contributed by atoms with E-state index in [4.69, 9.17) is 11.6 Å². The Kier molecular flexibility index (Phi) is 3.80. The van der Waals surface area contributed by atoms with Crippen LogP contribution in [-0.2, 0) is 16.0 Å². The second-order valence-electron chi connectivity index (χ2n) is 2.85. The van der Waals surface area contributed by atoms with Crippen molar-refractivity contribution in [3.8, 4) is 0 Å². The molecule has 15 heavy (non-hydrogen) atoms. The van der Waals surface area contributed by atoms with Gasteiger partial charge in [0.1, 0.15) is 12.1 Å². The number of hydrogen-bond donors (Lipinski definition) is 0. The van der Waals surface area contributed by atoms with Crippen LogP contribution in [0, 0.1) is 5.82 Å². The van der Waals surface area contributed by atoms with Crippen molar-refractivity contribution in [2.24, 2.45) is 0 Å². The van der Waals surface area contributed by atoms with E-state index in [2.05, 4.69) is 4.74 Å². The molecule has 0 aromatic heterocycles. The van der Waals surface area contributed by atoms with E-state index in [1.54, 1.807) is 0 Å². The van der Waals surface area contributed by atoms with E-state index in [-0.39, 0.29) is 22.6 Å². The number of carbonyl (C=O) groups is 2. The monoisotopic (exact) mass is 230 g/mol. The average Bonchev–Trinajstić information content (AvgIpc) is 2.24. The number of benzene rings is 1. The molecule has 0 unspecified atom stereocenters. The number of aldehydes is 1. The molecular formula is C10H8ClFO3. The topological polar surface area (TPSA) is 43.4 Å². The molecule has 0 saturated heterocycles. The van der Waals surface area contributed by atoms with Gasteiger partial charge in [0.2, 0.25) is 0 Å². The highest BCUT2D eigenvalue weighted by molar-refractivity contribution is 6.31. The lowest BCUT2D eigenvalue weighted by Crippen LogP contribution is -2.07. The van der Waals surface area contributed by atoms with Crippen molar-refractivity contribution < 1.29 is 18.7 Å². The molecule has 0 aliphatic heterocycles. The Labute approximate surface area is 90.8 Å². The molecule has 0 spiro atoms. The van der Waals surface area contributed by atoms with Gasteiger partial charge in [-0.05, 0) is 12.1 Å². The molecule has 0 aliphatic carbocycles. The van der Waals surface area contributed by atoms with Gasteiger partial charge >= 0.3 is 5.97 Å². The molecule has 3 nitrogen and oxygen atoms in total. The van der Waals surface area contributed by atoms with Gasteiger partial charge in [-0.2, -0.15) is 0 Å². The summed E-state index contributed by atoms with van der Waals surface area (Å²) in [4.78, 5) is 21.4. The van der Waals surface area contributed by atoms with Gasteiger partial charge < -0.3 is 4.74 Å². The third kappa shape index (κ3) is 2.76. The molecule has 1 aromatic rings. The zero-order valence-corrected chi connectivity index (χ0v) is 8.68. The molecule has 80 valence electrons. The van der Waals surface area contributed by atoms with Crippen molar-refractivity contribution in [3.63, 3.8) is 0 Å². The first-order chi connectivity index (χ1) is 7.08. The number of hydrogen-bond acceptors (Lipinski definition) is 3. The maximum absolute atomic E-state index is 13.4. The third-order valence-corrected chi connectivity index (χ3v) is 2.10. The van der Waals surface area contributed by atoms with E-state index in [0.717, 1.165) is 0 Å². The molecule has 0 bridgehead atoms. The predicted octanol–water partition coefficient (Wildman–Crippen LogP) is 2.01. The van der Waals surface area contributed by atoms with Gasteiger partial charge in [0.15, 0.2) is 0 Å². The first-order valence-corrected chi connectivity index (χ1v) is 4.46. The van der Waals surface area contributed by atoms with E-state index in [1.165, 1.54) is 19.2 Å². The molecule has 0 radical (unpaired) electrons. The Hall–Kier alpha value is -1.42. The van der Waals surface area contributed by atoms with Crippen LogP contribution in [0.25, 0.3) is 0 Å². The fourth-order valence-electron chi connectivity index (χ4n) is 1.09.